The minimum atomic E-state index is 0.314. The van der Waals surface area contributed by atoms with Gasteiger partial charge in [0.15, 0.2) is 0 Å². The van der Waals surface area contributed by atoms with E-state index >= 15 is 0 Å². The highest BCUT2D eigenvalue weighted by Gasteiger charge is 2.47. The van der Waals surface area contributed by atoms with Gasteiger partial charge in [-0.05, 0) is 19.4 Å². The van der Waals surface area contributed by atoms with Gasteiger partial charge in [0, 0.05) is 18.6 Å². The molecule has 1 N–H and O–H groups in total. The van der Waals surface area contributed by atoms with Gasteiger partial charge in [-0.2, -0.15) is 0 Å². The number of nitrogens with one attached hydrogen (secondary N) is 1. The van der Waals surface area contributed by atoms with E-state index in [1.54, 1.807) is 0 Å². The Labute approximate surface area is 120 Å². The molecule has 1 fully saturated rings. The molecule has 0 bridgehead atoms. The molecule has 0 aromatic rings. The zero-order valence-corrected chi connectivity index (χ0v) is 13.6. The molecule has 2 unspecified atom stereocenters. The normalized spacial score (nSPS) is 25.3. The predicted octanol–water partition coefficient (Wildman–Crippen LogP) is 4.53. The van der Waals surface area contributed by atoms with Crippen LogP contribution in [0.4, 0.5) is 0 Å². The molecule has 0 aromatic carbocycles. The molecular weight excluding hydrogens is 234 g/mol. The maximum atomic E-state index is 5.48. The first-order valence-corrected chi connectivity index (χ1v) is 8.39. The monoisotopic (exact) mass is 269 g/mol. The lowest BCUT2D eigenvalue weighted by Crippen LogP contribution is -2.60. The van der Waals surface area contributed by atoms with Gasteiger partial charge in [-0.25, -0.2) is 0 Å². The van der Waals surface area contributed by atoms with E-state index in [-0.39, 0.29) is 0 Å². The Morgan fingerprint density at radius 1 is 1.00 bits per heavy atom. The third-order valence-corrected chi connectivity index (χ3v) is 4.88. The van der Waals surface area contributed by atoms with Crippen LogP contribution < -0.4 is 5.32 Å². The second-order valence-corrected chi connectivity index (χ2v) is 6.76. The molecule has 0 heterocycles. The summed E-state index contributed by atoms with van der Waals surface area (Å²) in [4.78, 5) is 0. The molecule has 0 spiro atoms. The summed E-state index contributed by atoms with van der Waals surface area (Å²) < 4.78 is 5.48. The van der Waals surface area contributed by atoms with Crippen molar-refractivity contribution in [3.05, 3.63) is 0 Å². The van der Waals surface area contributed by atoms with Crippen LogP contribution in [-0.4, -0.2) is 25.8 Å². The molecule has 1 rings (SSSR count). The number of rotatable bonds is 11. The Bertz CT molecular complexity index is 227. The molecule has 0 amide bonds. The summed E-state index contributed by atoms with van der Waals surface area (Å²) in [5.41, 5.74) is 0.314. The minimum Gasteiger partial charge on any atom is -0.381 e. The van der Waals surface area contributed by atoms with Crippen LogP contribution in [0.5, 0.6) is 0 Å². The van der Waals surface area contributed by atoms with Crippen LogP contribution in [0.3, 0.4) is 0 Å². The molecule has 19 heavy (non-hydrogen) atoms. The van der Waals surface area contributed by atoms with Crippen molar-refractivity contribution in [3.63, 3.8) is 0 Å². The first kappa shape index (κ1) is 17.0. The van der Waals surface area contributed by atoms with E-state index in [0.717, 1.165) is 0 Å². The van der Waals surface area contributed by atoms with Crippen LogP contribution in [-0.2, 0) is 4.74 Å². The number of hydrogen-bond acceptors (Lipinski definition) is 2. The van der Waals surface area contributed by atoms with Gasteiger partial charge in [0.2, 0.25) is 0 Å². The van der Waals surface area contributed by atoms with Gasteiger partial charge in [0.05, 0.1) is 6.10 Å². The molecule has 0 aromatic heterocycles. The SMILES string of the molecule is CCCCCCCCCCNC1CC(OC)C1(C)C. The predicted molar refractivity (Wildman–Crippen MR) is 83.6 cm³/mol. The lowest BCUT2D eigenvalue weighted by Gasteiger charge is -2.51. The van der Waals surface area contributed by atoms with E-state index in [1.165, 1.54) is 64.3 Å². The van der Waals surface area contributed by atoms with Gasteiger partial charge in [0.25, 0.3) is 0 Å². The Morgan fingerprint density at radius 2 is 1.58 bits per heavy atom. The average Bonchev–Trinajstić information content (AvgIpc) is 2.39. The Balaban J connectivity index is 1.89. The van der Waals surface area contributed by atoms with Crippen molar-refractivity contribution in [2.24, 2.45) is 5.41 Å². The van der Waals surface area contributed by atoms with E-state index in [2.05, 4.69) is 26.1 Å². The Morgan fingerprint density at radius 3 is 2.11 bits per heavy atom. The molecule has 1 aliphatic carbocycles. The maximum Gasteiger partial charge on any atom is 0.0652 e. The summed E-state index contributed by atoms with van der Waals surface area (Å²) >= 11 is 0. The van der Waals surface area contributed by atoms with E-state index in [1.807, 2.05) is 7.11 Å². The van der Waals surface area contributed by atoms with Crippen LogP contribution in [0.2, 0.25) is 0 Å². The lowest BCUT2D eigenvalue weighted by atomic mass is 9.64. The van der Waals surface area contributed by atoms with Crippen LogP contribution in [0, 0.1) is 5.41 Å². The van der Waals surface area contributed by atoms with Crippen molar-refractivity contribution in [2.75, 3.05) is 13.7 Å². The highest BCUT2D eigenvalue weighted by atomic mass is 16.5. The molecule has 2 nitrogen and oxygen atoms in total. The molecule has 0 saturated heterocycles. The second-order valence-electron chi connectivity index (χ2n) is 6.76. The summed E-state index contributed by atoms with van der Waals surface area (Å²) in [6.45, 7) is 8.09. The standard InChI is InChI=1S/C17H35NO/c1-5-6-7-8-9-10-11-12-13-18-15-14-16(19-4)17(15,2)3/h15-16,18H,5-14H2,1-4H3. The zero-order chi connectivity index (χ0) is 14.1. The smallest absolute Gasteiger partial charge is 0.0652 e. The Hall–Kier alpha value is -0.0800. The van der Waals surface area contributed by atoms with Crippen LogP contribution in [0.1, 0.15) is 78.6 Å². The van der Waals surface area contributed by atoms with Crippen molar-refractivity contribution in [1.29, 1.82) is 0 Å². The fourth-order valence-corrected chi connectivity index (χ4v) is 3.17. The minimum absolute atomic E-state index is 0.314. The number of methoxy groups -OCH3 is 1. The Kier molecular flexibility index (Phi) is 8.01. The number of hydrogen-bond donors (Lipinski definition) is 1. The topological polar surface area (TPSA) is 21.3 Å². The lowest BCUT2D eigenvalue weighted by molar-refractivity contribution is -0.0972. The van der Waals surface area contributed by atoms with Gasteiger partial charge in [-0.1, -0.05) is 65.7 Å². The summed E-state index contributed by atoms with van der Waals surface area (Å²) in [6.07, 6.45) is 12.8. The van der Waals surface area contributed by atoms with Crippen molar-refractivity contribution in [3.8, 4) is 0 Å². The third kappa shape index (κ3) is 5.43. The summed E-state index contributed by atoms with van der Waals surface area (Å²) in [7, 11) is 1.83. The van der Waals surface area contributed by atoms with Gasteiger partial charge in [-0.15, -0.1) is 0 Å². The fourth-order valence-electron chi connectivity index (χ4n) is 3.17. The van der Waals surface area contributed by atoms with Crippen LogP contribution >= 0.6 is 0 Å². The highest BCUT2D eigenvalue weighted by molar-refractivity contribution is 5.02. The molecule has 114 valence electrons. The first-order chi connectivity index (χ1) is 9.12. The number of unbranched alkanes of at least 4 members (excludes halogenated alkanes) is 7. The summed E-state index contributed by atoms with van der Waals surface area (Å²) in [6, 6.07) is 0.655. The van der Waals surface area contributed by atoms with E-state index in [9.17, 15) is 0 Å². The van der Waals surface area contributed by atoms with Crippen LogP contribution in [0.25, 0.3) is 0 Å². The summed E-state index contributed by atoms with van der Waals surface area (Å²) in [5, 5.41) is 3.70. The fraction of sp³-hybridized carbons (Fsp3) is 1.00. The summed E-state index contributed by atoms with van der Waals surface area (Å²) in [5.74, 6) is 0. The molecule has 0 aliphatic heterocycles. The van der Waals surface area contributed by atoms with Crippen molar-refractivity contribution < 1.29 is 4.74 Å². The quantitative estimate of drug-likeness (QED) is 0.556. The van der Waals surface area contributed by atoms with Crippen molar-refractivity contribution in [2.45, 2.75) is 90.7 Å². The van der Waals surface area contributed by atoms with Gasteiger partial charge < -0.3 is 10.1 Å². The largest absolute Gasteiger partial charge is 0.381 e. The molecule has 0 radical (unpaired) electrons. The van der Waals surface area contributed by atoms with E-state index < -0.39 is 0 Å². The molecular formula is C17H35NO. The molecule has 1 aliphatic rings. The molecule has 2 heteroatoms. The second kappa shape index (κ2) is 8.97. The zero-order valence-electron chi connectivity index (χ0n) is 13.6. The van der Waals surface area contributed by atoms with E-state index in [0.29, 0.717) is 17.6 Å². The van der Waals surface area contributed by atoms with Gasteiger partial charge in [0.1, 0.15) is 0 Å². The molecule has 1 saturated carbocycles. The maximum absolute atomic E-state index is 5.48. The number of ether oxygens (including phenoxy) is 1. The van der Waals surface area contributed by atoms with Gasteiger partial charge in [-0.3, -0.25) is 0 Å². The average molecular weight is 269 g/mol. The first-order valence-electron chi connectivity index (χ1n) is 8.39. The third-order valence-electron chi connectivity index (χ3n) is 4.88. The van der Waals surface area contributed by atoms with E-state index in [4.69, 9.17) is 4.74 Å². The van der Waals surface area contributed by atoms with Crippen molar-refractivity contribution >= 4 is 0 Å². The highest BCUT2D eigenvalue weighted by Crippen LogP contribution is 2.42. The van der Waals surface area contributed by atoms with Crippen LogP contribution in [0.15, 0.2) is 0 Å². The van der Waals surface area contributed by atoms with Gasteiger partial charge >= 0.3 is 0 Å². The van der Waals surface area contributed by atoms with Crippen molar-refractivity contribution in [1.82, 2.24) is 5.32 Å². The molecule has 2 atom stereocenters.